The molecule has 9 heteroatoms. The number of carboxylic acids is 2. The minimum atomic E-state index is -1.08. The summed E-state index contributed by atoms with van der Waals surface area (Å²) in [4.78, 5) is 27.4. The van der Waals surface area contributed by atoms with Gasteiger partial charge in [-0.2, -0.15) is 0 Å². The standard InChI is InChI=1S/C34H38N2O2.2C2H4O2.Co/c1-7-23-13-27(33(37)29(15-23)21(3)4)19-35-31-17-25-11-9-10-12-26(25)18-32(31)36-20-28-14-24(8-2)16-30(22(5)6)34(28)38;2*1-2(3)4;/h9-22,37-38H,7-8H2,1-6H3;2*1H3,(H,3,4);/q;;;+2/p-2. The number of carbonyl (C=O) groups excluding carboxylic acids is 2. The van der Waals surface area contributed by atoms with Crippen molar-refractivity contribution in [2.45, 2.75) is 80.1 Å². The van der Waals surface area contributed by atoms with Crippen LogP contribution in [0.3, 0.4) is 0 Å². The number of rotatable bonds is 8. The molecule has 0 aliphatic carbocycles. The molecule has 0 saturated heterocycles. The summed E-state index contributed by atoms with van der Waals surface area (Å²) >= 11 is 0. The van der Waals surface area contributed by atoms with Gasteiger partial charge in [0.15, 0.2) is 0 Å². The molecule has 4 rings (SSSR count). The average molecular weight is 684 g/mol. The smallest absolute Gasteiger partial charge is 0.550 e. The number of phenolic OH excluding ortho intramolecular Hbond substituents is 2. The van der Waals surface area contributed by atoms with Crippen molar-refractivity contribution in [3.05, 3.63) is 94.0 Å². The Bertz CT molecular complexity index is 1590. The van der Waals surface area contributed by atoms with Crippen molar-refractivity contribution in [2.75, 3.05) is 0 Å². The topological polar surface area (TPSA) is 145 Å². The molecule has 0 fully saturated rings. The zero-order chi connectivity index (χ0) is 34.6. The number of benzene rings is 4. The van der Waals surface area contributed by atoms with Crippen molar-refractivity contribution in [3.8, 4) is 11.5 Å². The van der Waals surface area contributed by atoms with Gasteiger partial charge in [0.25, 0.3) is 0 Å². The van der Waals surface area contributed by atoms with E-state index >= 15 is 0 Å². The number of fused-ring (bicyclic) bond motifs is 1. The Hall–Kier alpha value is -4.47. The molecule has 0 heterocycles. The molecule has 251 valence electrons. The van der Waals surface area contributed by atoms with Crippen LogP contribution in [0.5, 0.6) is 11.5 Å². The van der Waals surface area contributed by atoms with Gasteiger partial charge in [0.05, 0.1) is 11.4 Å². The van der Waals surface area contributed by atoms with Crippen LogP contribution < -0.4 is 10.2 Å². The molecular formula is C38H44CoN2O6. The number of hydrogen-bond acceptors (Lipinski definition) is 8. The van der Waals surface area contributed by atoms with Crippen LogP contribution in [0.15, 0.2) is 70.6 Å². The molecular weight excluding hydrogens is 639 g/mol. The molecule has 0 aromatic heterocycles. The van der Waals surface area contributed by atoms with Gasteiger partial charge in [-0.25, -0.2) is 0 Å². The maximum absolute atomic E-state index is 11.0. The summed E-state index contributed by atoms with van der Waals surface area (Å²) < 4.78 is 0. The Morgan fingerprint density at radius 3 is 1.28 bits per heavy atom. The molecule has 0 atom stereocenters. The third-order valence-electron chi connectivity index (χ3n) is 7.05. The predicted octanol–water partition coefficient (Wildman–Crippen LogP) is 6.63. The Balaban J connectivity index is 0.00000110. The van der Waals surface area contributed by atoms with Gasteiger partial charge < -0.3 is 30.0 Å². The second-order valence-electron chi connectivity index (χ2n) is 11.4. The minimum absolute atomic E-state index is 0. The minimum Gasteiger partial charge on any atom is -0.550 e. The van der Waals surface area contributed by atoms with Crippen LogP contribution in [0.25, 0.3) is 10.8 Å². The van der Waals surface area contributed by atoms with Crippen LogP contribution in [0.1, 0.15) is 101 Å². The first-order valence-corrected chi connectivity index (χ1v) is 15.4. The Morgan fingerprint density at radius 1 is 0.681 bits per heavy atom. The van der Waals surface area contributed by atoms with E-state index in [4.69, 9.17) is 29.8 Å². The second kappa shape index (κ2) is 19.2. The largest absolute Gasteiger partial charge is 2.00 e. The number of phenols is 2. The van der Waals surface area contributed by atoms with Gasteiger partial charge in [-0.3, -0.25) is 9.98 Å². The van der Waals surface area contributed by atoms with E-state index in [1.54, 1.807) is 12.4 Å². The Kier molecular flexibility index (Phi) is 16.6. The van der Waals surface area contributed by atoms with Crippen molar-refractivity contribution < 1.29 is 46.8 Å². The summed E-state index contributed by atoms with van der Waals surface area (Å²) in [5.41, 5.74) is 6.97. The monoisotopic (exact) mass is 683 g/mol. The van der Waals surface area contributed by atoms with E-state index in [0.717, 1.165) is 59.7 Å². The summed E-state index contributed by atoms with van der Waals surface area (Å²) in [6.07, 6.45) is 5.22. The fraction of sp³-hybridized carbons (Fsp3) is 0.316. The van der Waals surface area contributed by atoms with Crippen LogP contribution in [0, 0.1) is 0 Å². The van der Waals surface area contributed by atoms with Gasteiger partial charge in [-0.15, -0.1) is 0 Å². The van der Waals surface area contributed by atoms with Gasteiger partial charge >= 0.3 is 16.8 Å². The van der Waals surface area contributed by atoms with Crippen molar-refractivity contribution in [2.24, 2.45) is 9.98 Å². The van der Waals surface area contributed by atoms with Gasteiger partial charge in [-0.1, -0.05) is 77.9 Å². The number of aryl methyl sites for hydroxylation is 2. The van der Waals surface area contributed by atoms with Gasteiger partial charge in [0.2, 0.25) is 0 Å². The first kappa shape index (κ1) is 40.6. The molecule has 0 amide bonds. The summed E-state index contributed by atoms with van der Waals surface area (Å²) in [5, 5.41) is 41.8. The Labute approximate surface area is 288 Å². The fourth-order valence-electron chi connectivity index (χ4n) is 4.68. The van der Waals surface area contributed by atoms with Crippen LogP contribution in [0.2, 0.25) is 0 Å². The molecule has 47 heavy (non-hydrogen) atoms. The summed E-state index contributed by atoms with van der Waals surface area (Å²) in [7, 11) is 0. The third-order valence-corrected chi connectivity index (χ3v) is 7.05. The number of aliphatic imine (C=N–C) groups is 2. The third kappa shape index (κ3) is 12.3. The van der Waals surface area contributed by atoms with E-state index in [2.05, 4.69) is 65.8 Å². The molecule has 2 N–H and O–H groups in total. The summed E-state index contributed by atoms with van der Waals surface area (Å²) in [6, 6.07) is 20.3. The molecule has 0 spiro atoms. The van der Waals surface area contributed by atoms with Crippen molar-refractivity contribution in [3.63, 3.8) is 0 Å². The maximum atomic E-state index is 11.0. The van der Waals surface area contributed by atoms with Crippen LogP contribution in [-0.2, 0) is 39.2 Å². The molecule has 0 aliphatic heterocycles. The quantitative estimate of drug-likeness (QED) is 0.199. The van der Waals surface area contributed by atoms with E-state index in [0.29, 0.717) is 22.5 Å². The molecule has 0 aliphatic rings. The second-order valence-corrected chi connectivity index (χ2v) is 11.4. The van der Waals surface area contributed by atoms with Crippen molar-refractivity contribution in [1.29, 1.82) is 0 Å². The zero-order valence-corrected chi connectivity index (χ0v) is 29.3. The average Bonchev–Trinajstić information content (AvgIpc) is 2.99. The van der Waals surface area contributed by atoms with Crippen molar-refractivity contribution in [1.82, 2.24) is 0 Å². The normalized spacial score (nSPS) is 10.9. The number of hydrogen-bond donors (Lipinski definition) is 2. The van der Waals surface area contributed by atoms with Crippen LogP contribution >= 0.6 is 0 Å². The molecule has 0 unspecified atom stereocenters. The molecule has 4 aromatic carbocycles. The van der Waals surface area contributed by atoms with Crippen LogP contribution in [-0.4, -0.2) is 34.6 Å². The van der Waals surface area contributed by atoms with E-state index in [1.165, 1.54) is 0 Å². The SMILES string of the molecule is CC(=O)[O-].CC(=O)[O-].CCc1cc(C=Nc2cc3ccccc3cc2N=Cc2cc(CC)cc(C(C)C)c2O)c(O)c(C(C)C)c1.[Co+2]. The van der Waals surface area contributed by atoms with Crippen molar-refractivity contribution >= 4 is 46.5 Å². The molecule has 0 saturated carbocycles. The number of carbonyl (C=O) groups is 2. The van der Waals surface area contributed by atoms with Gasteiger partial charge in [0, 0.05) is 35.5 Å². The first-order valence-electron chi connectivity index (χ1n) is 15.4. The molecule has 8 nitrogen and oxygen atoms in total. The number of aliphatic carboxylic acids is 2. The van der Waals surface area contributed by atoms with E-state index in [1.807, 2.05) is 36.4 Å². The zero-order valence-electron chi connectivity index (χ0n) is 28.3. The summed E-state index contributed by atoms with van der Waals surface area (Å²) in [5.74, 6) is -1.21. The van der Waals surface area contributed by atoms with Gasteiger partial charge in [-0.05, 0) is 95.8 Å². The first-order chi connectivity index (χ1) is 21.7. The fourth-order valence-corrected chi connectivity index (χ4v) is 4.68. The van der Waals surface area contributed by atoms with Crippen LogP contribution in [0.4, 0.5) is 11.4 Å². The number of carboxylic acid groups (broad SMARTS) is 2. The summed E-state index contributed by atoms with van der Waals surface area (Å²) in [6.45, 7) is 14.5. The number of aromatic hydroxyl groups is 2. The predicted molar refractivity (Wildman–Crippen MR) is 183 cm³/mol. The Morgan fingerprint density at radius 2 is 1.00 bits per heavy atom. The maximum Gasteiger partial charge on any atom is 2.00 e. The molecule has 1 radical (unpaired) electrons. The van der Waals surface area contributed by atoms with E-state index in [-0.39, 0.29) is 40.1 Å². The molecule has 0 bridgehead atoms. The molecule has 4 aromatic rings. The number of nitrogens with zero attached hydrogens (tertiary/aromatic N) is 2. The van der Waals surface area contributed by atoms with E-state index < -0.39 is 11.9 Å². The van der Waals surface area contributed by atoms with E-state index in [9.17, 15) is 10.2 Å². The van der Waals surface area contributed by atoms with Gasteiger partial charge in [0.1, 0.15) is 11.5 Å².